The van der Waals surface area contributed by atoms with E-state index in [4.69, 9.17) is 17.3 Å². The highest BCUT2D eigenvalue weighted by Gasteiger charge is 2.28. The third kappa shape index (κ3) is 7.49. The molecule has 6 heteroatoms. The predicted octanol–water partition coefficient (Wildman–Crippen LogP) is 4.02. The molecule has 0 fully saturated rings. The summed E-state index contributed by atoms with van der Waals surface area (Å²) in [7, 11) is -1.98. The lowest BCUT2D eigenvalue weighted by Gasteiger charge is -2.36. The Balaban J connectivity index is 4.33. The molecule has 0 aromatic carbocycles. The van der Waals surface area contributed by atoms with Crippen LogP contribution in [0.3, 0.4) is 0 Å². The molecule has 0 aromatic heterocycles. The summed E-state index contributed by atoms with van der Waals surface area (Å²) in [5.74, 6) is 0.456. The van der Waals surface area contributed by atoms with Gasteiger partial charge in [0.1, 0.15) is 0 Å². The SMILES string of the molecule is CCOS(CCCOC(=O)C(C)(C)CC)(OCC)OCC. The number of esters is 1. The molecule has 0 radical (unpaired) electrons. The Bertz CT molecular complexity index is 277. The number of ether oxygens (including phenoxy) is 1. The van der Waals surface area contributed by atoms with Gasteiger partial charge in [-0.25, -0.2) is 0 Å². The number of carbonyl (C=O) groups is 1. The van der Waals surface area contributed by atoms with Gasteiger partial charge in [0.05, 0.1) is 42.7 Å². The number of hydrogen-bond donors (Lipinski definition) is 0. The van der Waals surface area contributed by atoms with Crippen molar-refractivity contribution in [3.8, 4) is 0 Å². The summed E-state index contributed by atoms with van der Waals surface area (Å²) in [4.78, 5) is 11.9. The lowest BCUT2D eigenvalue weighted by molar-refractivity contribution is -0.154. The molecule has 0 aromatic rings. The molecule has 0 saturated carbocycles. The van der Waals surface area contributed by atoms with Gasteiger partial charge in [-0.05, 0) is 47.5 Å². The maximum atomic E-state index is 11.9. The first-order chi connectivity index (χ1) is 9.87. The topological polar surface area (TPSA) is 54.0 Å². The van der Waals surface area contributed by atoms with E-state index in [1.54, 1.807) is 0 Å². The molecule has 0 aliphatic carbocycles. The zero-order valence-electron chi connectivity index (χ0n) is 14.4. The summed E-state index contributed by atoms with van der Waals surface area (Å²) in [5.41, 5.74) is -0.427. The van der Waals surface area contributed by atoms with E-state index >= 15 is 0 Å². The van der Waals surface area contributed by atoms with Crippen molar-refractivity contribution >= 4 is 16.8 Å². The van der Waals surface area contributed by atoms with Gasteiger partial charge in [0.15, 0.2) is 0 Å². The van der Waals surface area contributed by atoms with E-state index in [1.165, 1.54) is 0 Å². The molecule has 0 aliphatic rings. The molecule has 0 atom stereocenters. The van der Waals surface area contributed by atoms with E-state index in [2.05, 4.69) is 0 Å². The van der Waals surface area contributed by atoms with Crippen LogP contribution in [0, 0.1) is 5.41 Å². The Morgan fingerprint density at radius 1 is 0.952 bits per heavy atom. The van der Waals surface area contributed by atoms with Crippen molar-refractivity contribution in [2.75, 3.05) is 32.2 Å². The average Bonchev–Trinajstić information content (AvgIpc) is 2.44. The van der Waals surface area contributed by atoms with E-state index < -0.39 is 16.3 Å². The fourth-order valence-corrected chi connectivity index (χ4v) is 3.66. The molecule has 0 N–H and O–H groups in total. The summed E-state index contributed by atoms with van der Waals surface area (Å²) >= 11 is 0. The Labute approximate surface area is 131 Å². The molecule has 0 saturated heterocycles. The minimum absolute atomic E-state index is 0.158. The van der Waals surface area contributed by atoms with Crippen LogP contribution in [-0.4, -0.2) is 38.1 Å². The first-order valence-electron chi connectivity index (χ1n) is 7.78. The largest absolute Gasteiger partial charge is 0.465 e. The van der Waals surface area contributed by atoms with E-state index in [0.717, 1.165) is 6.42 Å². The lowest BCUT2D eigenvalue weighted by Crippen LogP contribution is -2.26. The van der Waals surface area contributed by atoms with E-state index in [0.29, 0.717) is 38.6 Å². The molecular formula is C15H32O5S. The zero-order valence-corrected chi connectivity index (χ0v) is 15.2. The van der Waals surface area contributed by atoms with Crippen molar-refractivity contribution in [2.24, 2.45) is 5.41 Å². The first-order valence-corrected chi connectivity index (χ1v) is 9.36. The van der Waals surface area contributed by atoms with Crippen LogP contribution < -0.4 is 0 Å². The van der Waals surface area contributed by atoms with Crippen LogP contribution in [0.25, 0.3) is 0 Å². The summed E-state index contributed by atoms with van der Waals surface area (Å²) < 4.78 is 22.4. The maximum absolute atomic E-state index is 11.9. The summed E-state index contributed by atoms with van der Waals surface area (Å²) in [6.07, 6.45) is 1.43. The maximum Gasteiger partial charge on any atom is 0.311 e. The molecule has 5 nitrogen and oxygen atoms in total. The van der Waals surface area contributed by atoms with Crippen molar-refractivity contribution in [3.05, 3.63) is 0 Å². The number of rotatable bonds is 12. The average molecular weight is 324 g/mol. The van der Waals surface area contributed by atoms with Crippen LogP contribution in [0.4, 0.5) is 0 Å². The molecule has 0 heterocycles. The highest BCUT2D eigenvalue weighted by Crippen LogP contribution is 2.51. The molecule has 0 aliphatic heterocycles. The number of hydrogen-bond acceptors (Lipinski definition) is 5. The molecular weight excluding hydrogens is 292 g/mol. The quantitative estimate of drug-likeness (QED) is 0.401. The van der Waals surface area contributed by atoms with Crippen molar-refractivity contribution < 1.29 is 22.1 Å². The molecule has 0 amide bonds. The van der Waals surface area contributed by atoms with Gasteiger partial charge in [0.25, 0.3) is 0 Å². The highest BCUT2D eigenvalue weighted by molar-refractivity contribution is 8.21. The summed E-state index contributed by atoms with van der Waals surface area (Å²) in [6, 6.07) is 0. The Hall–Kier alpha value is -0.300. The van der Waals surface area contributed by atoms with Gasteiger partial charge in [0.2, 0.25) is 0 Å². The Morgan fingerprint density at radius 2 is 1.43 bits per heavy atom. The number of carbonyl (C=O) groups excluding carboxylic acids is 1. The standard InChI is InChI=1S/C15H32O5S/c1-7-15(5,6)14(16)17-12-11-13-21(18-8-2,19-9-3)20-10-4/h7-13H2,1-6H3. The second kappa shape index (κ2) is 10.4. The van der Waals surface area contributed by atoms with Crippen molar-refractivity contribution in [1.82, 2.24) is 0 Å². The van der Waals surface area contributed by atoms with Crippen LogP contribution in [0.15, 0.2) is 0 Å². The monoisotopic (exact) mass is 324 g/mol. The van der Waals surface area contributed by atoms with E-state index in [-0.39, 0.29) is 5.97 Å². The highest BCUT2D eigenvalue weighted by atomic mass is 32.3. The second-order valence-electron chi connectivity index (χ2n) is 5.21. The summed E-state index contributed by atoms with van der Waals surface area (Å²) in [6.45, 7) is 13.5. The first kappa shape index (κ1) is 20.7. The van der Waals surface area contributed by atoms with Crippen LogP contribution in [-0.2, 0) is 22.1 Å². The fraction of sp³-hybridized carbons (Fsp3) is 0.933. The van der Waals surface area contributed by atoms with Crippen LogP contribution in [0.5, 0.6) is 0 Å². The van der Waals surface area contributed by atoms with Crippen molar-refractivity contribution in [3.63, 3.8) is 0 Å². The van der Waals surface area contributed by atoms with E-state index in [9.17, 15) is 4.79 Å². The predicted molar refractivity (Wildman–Crippen MR) is 87.0 cm³/mol. The molecule has 0 unspecified atom stereocenters. The van der Waals surface area contributed by atoms with Gasteiger partial charge in [-0.1, -0.05) is 6.92 Å². The molecule has 21 heavy (non-hydrogen) atoms. The molecule has 128 valence electrons. The minimum atomic E-state index is -1.98. The summed E-state index contributed by atoms with van der Waals surface area (Å²) in [5, 5.41) is 0. The zero-order chi connectivity index (χ0) is 16.4. The lowest BCUT2D eigenvalue weighted by atomic mass is 9.91. The van der Waals surface area contributed by atoms with Crippen LogP contribution >= 0.6 is 10.9 Å². The van der Waals surface area contributed by atoms with Gasteiger partial charge in [-0.15, -0.1) is 0 Å². The van der Waals surface area contributed by atoms with Crippen molar-refractivity contribution in [1.29, 1.82) is 0 Å². The van der Waals surface area contributed by atoms with Crippen molar-refractivity contribution in [2.45, 2.75) is 54.4 Å². The van der Waals surface area contributed by atoms with Gasteiger partial charge in [0, 0.05) is 5.75 Å². The van der Waals surface area contributed by atoms with Crippen LogP contribution in [0.1, 0.15) is 54.4 Å². The Morgan fingerprint density at radius 3 is 1.81 bits per heavy atom. The molecule has 0 bridgehead atoms. The third-order valence-electron chi connectivity index (χ3n) is 3.10. The van der Waals surface area contributed by atoms with Gasteiger partial charge in [-0.3, -0.25) is 17.3 Å². The van der Waals surface area contributed by atoms with Gasteiger partial charge < -0.3 is 4.74 Å². The fourth-order valence-electron chi connectivity index (χ4n) is 1.56. The van der Waals surface area contributed by atoms with Gasteiger partial charge >= 0.3 is 5.97 Å². The van der Waals surface area contributed by atoms with Gasteiger partial charge in [-0.2, -0.15) is 0 Å². The normalized spacial score (nSPS) is 13.2. The van der Waals surface area contributed by atoms with E-state index in [1.807, 2.05) is 41.5 Å². The minimum Gasteiger partial charge on any atom is -0.465 e. The smallest absolute Gasteiger partial charge is 0.311 e. The second-order valence-corrected chi connectivity index (χ2v) is 7.44. The van der Waals surface area contributed by atoms with Crippen LogP contribution in [0.2, 0.25) is 0 Å². The molecule has 0 spiro atoms. The third-order valence-corrected chi connectivity index (χ3v) is 5.67. The molecule has 0 rings (SSSR count). The Kier molecular flexibility index (Phi) is 10.3.